The first-order chi connectivity index (χ1) is 7.13. The fourth-order valence-corrected chi connectivity index (χ4v) is 2.60. The molecular weight excluding hydrogens is 202 g/mol. The van der Waals surface area contributed by atoms with E-state index in [0.717, 1.165) is 5.06 Å². The lowest BCUT2D eigenvalue weighted by molar-refractivity contribution is -0.808. The summed E-state index contributed by atoms with van der Waals surface area (Å²) in [6.45, 7) is 0.381. The number of hydroxylamine groups is 2. The maximum Gasteiger partial charge on any atom is 0.254 e. The van der Waals surface area contributed by atoms with Gasteiger partial charge < -0.3 is 15.5 Å². The van der Waals surface area contributed by atoms with Gasteiger partial charge in [-0.3, -0.25) is 4.63 Å². The van der Waals surface area contributed by atoms with E-state index >= 15 is 0 Å². The SMILES string of the molecule is [O-][n+]1onc2c1CC[C@@H]1N(O)CC[C@@]21O. The summed E-state index contributed by atoms with van der Waals surface area (Å²) in [6.07, 6.45) is 1.36. The van der Waals surface area contributed by atoms with Crippen molar-refractivity contribution in [3.8, 4) is 0 Å². The van der Waals surface area contributed by atoms with Crippen LogP contribution in [0.15, 0.2) is 4.63 Å². The van der Waals surface area contributed by atoms with Crippen LogP contribution in [0.5, 0.6) is 0 Å². The second-order valence-electron chi connectivity index (χ2n) is 4.12. The summed E-state index contributed by atoms with van der Waals surface area (Å²) in [4.78, 5) is 0.337. The average Bonchev–Trinajstić information content (AvgIpc) is 2.71. The molecule has 0 unspecified atom stereocenters. The van der Waals surface area contributed by atoms with E-state index in [0.29, 0.717) is 36.4 Å². The molecule has 15 heavy (non-hydrogen) atoms. The van der Waals surface area contributed by atoms with E-state index in [9.17, 15) is 15.5 Å². The Kier molecular flexibility index (Phi) is 1.63. The molecule has 0 aromatic carbocycles. The van der Waals surface area contributed by atoms with Gasteiger partial charge in [0.1, 0.15) is 0 Å². The van der Waals surface area contributed by atoms with Crippen molar-refractivity contribution >= 4 is 0 Å². The monoisotopic (exact) mass is 213 g/mol. The van der Waals surface area contributed by atoms with Crippen molar-refractivity contribution in [3.63, 3.8) is 0 Å². The Morgan fingerprint density at radius 2 is 2.47 bits per heavy atom. The van der Waals surface area contributed by atoms with Crippen molar-refractivity contribution in [2.45, 2.75) is 30.9 Å². The van der Waals surface area contributed by atoms with Gasteiger partial charge >= 0.3 is 0 Å². The van der Waals surface area contributed by atoms with Crippen LogP contribution in [0, 0.1) is 5.21 Å². The molecule has 0 spiro atoms. The van der Waals surface area contributed by atoms with Gasteiger partial charge in [0.15, 0.2) is 5.60 Å². The highest BCUT2D eigenvalue weighted by molar-refractivity contribution is 5.23. The largest absolute Gasteiger partial charge is 0.379 e. The molecule has 7 heteroatoms. The second kappa shape index (κ2) is 2.69. The molecule has 1 aromatic heterocycles. The molecule has 1 saturated heterocycles. The van der Waals surface area contributed by atoms with Gasteiger partial charge in [-0.2, -0.15) is 5.06 Å². The molecule has 0 saturated carbocycles. The maximum absolute atomic E-state index is 11.2. The molecule has 7 nitrogen and oxygen atoms in total. The average molecular weight is 213 g/mol. The molecule has 1 fully saturated rings. The Morgan fingerprint density at radius 3 is 3.27 bits per heavy atom. The van der Waals surface area contributed by atoms with Gasteiger partial charge in [0.05, 0.1) is 6.04 Å². The summed E-state index contributed by atoms with van der Waals surface area (Å²) in [7, 11) is 0. The summed E-state index contributed by atoms with van der Waals surface area (Å²) in [5.74, 6) is 0. The van der Waals surface area contributed by atoms with Gasteiger partial charge in [-0.15, -0.1) is 0 Å². The van der Waals surface area contributed by atoms with Crippen molar-refractivity contribution in [1.82, 2.24) is 10.2 Å². The fraction of sp³-hybridized carbons (Fsp3) is 0.750. The minimum absolute atomic E-state index is 0.283. The summed E-state index contributed by atoms with van der Waals surface area (Å²) in [6, 6.07) is -0.380. The normalized spacial score (nSPS) is 35.2. The number of nitrogens with zero attached hydrogens (tertiary/aromatic N) is 3. The zero-order valence-electron chi connectivity index (χ0n) is 7.96. The quantitative estimate of drug-likeness (QED) is 0.531. The van der Waals surface area contributed by atoms with Crippen LogP contribution in [-0.4, -0.2) is 33.1 Å². The molecule has 2 atom stereocenters. The third-order valence-corrected chi connectivity index (χ3v) is 3.40. The molecular formula is C8H11N3O4. The van der Waals surface area contributed by atoms with E-state index in [1.54, 1.807) is 0 Å². The highest BCUT2D eigenvalue weighted by Crippen LogP contribution is 2.42. The second-order valence-corrected chi connectivity index (χ2v) is 4.12. The standard InChI is InChI=1S/C8H11N3O4/c12-8-3-4-10(13)6(8)2-1-5-7(8)9-15-11(5)14/h6,12-13H,1-4H2/t6-,8-/m0/s1. The summed E-state index contributed by atoms with van der Waals surface area (Å²) < 4.78 is 4.48. The Bertz CT molecular complexity index is 407. The van der Waals surface area contributed by atoms with Crippen LogP contribution < -0.4 is 4.90 Å². The summed E-state index contributed by atoms with van der Waals surface area (Å²) in [5, 5.41) is 35.8. The fourth-order valence-electron chi connectivity index (χ4n) is 2.60. The van der Waals surface area contributed by atoms with Crippen LogP contribution in [0.3, 0.4) is 0 Å². The minimum Gasteiger partial charge on any atom is -0.379 e. The molecule has 2 N–H and O–H groups in total. The highest BCUT2D eigenvalue weighted by atomic mass is 16.8. The molecule has 82 valence electrons. The first-order valence-corrected chi connectivity index (χ1v) is 4.90. The van der Waals surface area contributed by atoms with Crippen LogP contribution in [0.25, 0.3) is 0 Å². The Hall–Kier alpha value is -1.18. The first kappa shape index (κ1) is 9.08. The molecule has 1 aliphatic heterocycles. The van der Waals surface area contributed by atoms with Gasteiger partial charge in [-0.05, 0) is 11.3 Å². The molecule has 1 aromatic rings. The predicted octanol–water partition coefficient (Wildman–Crippen LogP) is -1.09. The Balaban J connectivity index is 2.12. The van der Waals surface area contributed by atoms with Crippen LogP contribution in [0.1, 0.15) is 24.2 Å². The zero-order valence-corrected chi connectivity index (χ0v) is 7.96. The van der Waals surface area contributed by atoms with Crippen molar-refractivity contribution < 1.29 is 19.8 Å². The number of hydrogen-bond donors (Lipinski definition) is 2. The number of rotatable bonds is 0. The van der Waals surface area contributed by atoms with Crippen LogP contribution >= 0.6 is 0 Å². The van der Waals surface area contributed by atoms with Crippen molar-refractivity contribution in [2.24, 2.45) is 0 Å². The molecule has 1 aliphatic carbocycles. The summed E-state index contributed by atoms with van der Waals surface area (Å²) >= 11 is 0. The molecule has 0 amide bonds. The zero-order chi connectivity index (χ0) is 10.6. The van der Waals surface area contributed by atoms with E-state index in [1.165, 1.54) is 0 Å². The van der Waals surface area contributed by atoms with Gasteiger partial charge in [0.2, 0.25) is 5.69 Å². The van der Waals surface area contributed by atoms with Gasteiger partial charge in [-0.1, -0.05) is 0 Å². The molecule has 0 radical (unpaired) electrons. The van der Waals surface area contributed by atoms with Crippen LogP contribution in [0.4, 0.5) is 0 Å². The third kappa shape index (κ3) is 0.996. The van der Waals surface area contributed by atoms with Gasteiger partial charge in [-0.25, -0.2) is 0 Å². The number of hydrogen-bond acceptors (Lipinski definition) is 6. The van der Waals surface area contributed by atoms with E-state index < -0.39 is 5.60 Å². The van der Waals surface area contributed by atoms with Gasteiger partial charge in [0.25, 0.3) is 5.69 Å². The van der Waals surface area contributed by atoms with E-state index in [2.05, 4.69) is 9.79 Å². The minimum atomic E-state index is -1.23. The van der Waals surface area contributed by atoms with Crippen molar-refractivity contribution in [2.75, 3.05) is 6.54 Å². The topological polar surface area (TPSA) is 96.7 Å². The summed E-state index contributed by atoms with van der Waals surface area (Å²) in [5.41, 5.74) is -0.573. The molecule has 3 rings (SSSR count). The van der Waals surface area contributed by atoms with Crippen molar-refractivity contribution in [3.05, 3.63) is 16.6 Å². The number of aliphatic hydroxyl groups is 1. The molecule has 2 aliphatic rings. The predicted molar refractivity (Wildman–Crippen MR) is 44.6 cm³/mol. The first-order valence-electron chi connectivity index (χ1n) is 4.90. The smallest absolute Gasteiger partial charge is 0.254 e. The molecule has 0 bridgehead atoms. The lowest BCUT2D eigenvalue weighted by Gasteiger charge is -2.31. The Morgan fingerprint density at radius 1 is 1.67 bits per heavy atom. The van der Waals surface area contributed by atoms with Crippen LogP contribution in [0.2, 0.25) is 0 Å². The highest BCUT2D eigenvalue weighted by Gasteiger charge is 2.56. The van der Waals surface area contributed by atoms with E-state index in [1.807, 2.05) is 0 Å². The van der Waals surface area contributed by atoms with Gasteiger partial charge in [0, 0.05) is 24.5 Å². The Labute approximate surface area is 85.0 Å². The lowest BCUT2D eigenvalue weighted by Crippen LogP contribution is -2.47. The number of fused-ring (bicyclic) bond motifs is 3. The van der Waals surface area contributed by atoms with Crippen LogP contribution in [-0.2, 0) is 12.0 Å². The van der Waals surface area contributed by atoms with Crippen molar-refractivity contribution in [1.29, 1.82) is 0 Å². The van der Waals surface area contributed by atoms with E-state index in [4.69, 9.17) is 0 Å². The lowest BCUT2D eigenvalue weighted by atomic mass is 9.81. The number of aromatic nitrogens is 2. The molecule has 2 heterocycles. The maximum atomic E-state index is 11.2. The third-order valence-electron chi connectivity index (χ3n) is 3.40. The van der Waals surface area contributed by atoms with E-state index in [-0.39, 0.29) is 11.7 Å².